The van der Waals surface area contributed by atoms with Gasteiger partial charge in [0.15, 0.2) is 6.61 Å². The normalized spacial score (nSPS) is 13.3. The third-order valence-corrected chi connectivity index (χ3v) is 6.12. The zero-order chi connectivity index (χ0) is 21.4. The van der Waals surface area contributed by atoms with E-state index in [9.17, 15) is 14.0 Å². The molecule has 0 atom stereocenters. The highest BCUT2D eigenvalue weighted by Crippen LogP contribution is 2.36. The van der Waals surface area contributed by atoms with Gasteiger partial charge in [-0.15, -0.1) is 11.3 Å². The molecule has 7 nitrogen and oxygen atoms in total. The number of amides is 1. The minimum Gasteiger partial charge on any atom is -0.452 e. The summed E-state index contributed by atoms with van der Waals surface area (Å²) in [4.78, 5) is 29.9. The summed E-state index contributed by atoms with van der Waals surface area (Å²) < 4.78 is 24.2. The van der Waals surface area contributed by atoms with Gasteiger partial charge in [0.2, 0.25) is 11.7 Å². The monoisotopic (exact) mass is 429 g/mol. The van der Waals surface area contributed by atoms with Gasteiger partial charge in [-0.05, 0) is 50.8 Å². The largest absolute Gasteiger partial charge is 0.452 e. The van der Waals surface area contributed by atoms with E-state index in [0.29, 0.717) is 21.7 Å². The summed E-state index contributed by atoms with van der Waals surface area (Å²) in [5.74, 6) is -0.692. The maximum absolute atomic E-state index is 13.8. The van der Waals surface area contributed by atoms with Crippen LogP contribution in [0.25, 0.3) is 11.4 Å². The van der Waals surface area contributed by atoms with Gasteiger partial charge in [0, 0.05) is 16.4 Å². The Morgan fingerprint density at radius 2 is 2.07 bits per heavy atom. The number of aromatic nitrogens is 2. The Morgan fingerprint density at radius 3 is 2.77 bits per heavy atom. The van der Waals surface area contributed by atoms with E-state index in [1.54, 1.807) is 19.1 Å². The summed E-state index contributed by atoms with van der Waals surface area (Å²) in [6.07, 6.45) is 1.75. The van der Waals surface area contributed by atoms with E-state index in [2.05, 4.69) is 15.5 Å². The maximum atomic E-state index is 13.8. The van der Waals surface area contributed by atoms with Gasteiger partial charge in [0.05, 0.1) is 5.56 Å². The van der Waals surface area contributed by atoms with Crippen LogP contribution < -0.4 is 5.32 Å². The van der Waals surface area contributed by atoms with Gasteiger partial charge in [-0.25, -0.2) is 9.18 Å². The SMILES string of the molecule is Cc1ccc(-c2noc(COC(=O)c3c(NC(=O)C4CC4)sc(C)c3C)n2)cc1F. The zero-order valence-electron chi connectivity index (χ0n) is 16.7. The lowest BCUT2D eigenvalue weighted by Crippen LogP contribution is -2.16. The molecule has 0 saturated heterocycles. The number of aryl methyl sites for hydroxylation is 2. The summed E-state index contributed by atoms with van der Waals surface area (Å²) >= 11 is 1.35. The van der Waals surface area contributed by atoms with Crippen molar-refractivity contribution in [1.82, 2.24) is 10.1 Å². The predicted molar refractivity (Wildman–Crippen MR) is 109 cm³/mol. The molecule has 0 aliphatic heterocycles. The van der Waals surface area contributed by atoms with Crippen LogP contribution >= 0.6 is 11.3 Å². The Labute approximate surface area is 176 Å². The van der Waals surface area contributed by atoms with E-state index < -0.39 is 5.97 Å². The Balaban J connectivity index is 1.45. The number of carbonyl (C=O) groups is 2. The molecular weight excluding hydrogens is 409 g/mol. The van der Waals surface area contributed by atoms with Crippen LogP contribution in [0.1, 0.15) is 45.1 Å². The van der Waals surface area contributed by atoms with Crippen LogP contribution in [0.5, 0.6) is 0 Å². The molecule has 1 aromatic carbocycles. The molecule has 4 rings (SSSR count). The Morgan fingerprint density at radius 1 is 1.30 bits per heavy atom. The molecule has 0 radical (unpaired) electrons. The number of carbonyl (C=O) groups excluding carboxylic acids is 2. The summed E-state index contributed by atoms with van der Waals surface area (Å²) in [6.45, 7) is 5.13. The van der Waals surface area contributed by atoms with Crippen LogP contribution in [0, 0.1) is 32.5 Å². The number of thiophene rings is 1. The van der Waals surface area contributed by atoms with Gasteiger partial charge in [0.25, 0.3) is 5.89 Å². The molecule has 1 fully saturated rings. The molecule has 0 unspecified atom stereocenters. The molecule has 3 aromatic rings. The van der Waals surface area contributed by atoms with Crippen molar-refractivity contribution in [2.75, 3.05) is 5.32 Å². The van der Waals surface area contributed by atoms with E-state index in [1.807, 2.05) is 13.8 Å². The fourth-order valence-electron chi connectivity index (χ4n) is 2.88. The number of rotatable bonds is 6. The number of hydrogen-bond donors (Lipinski definition) is 1. The highest BCUT2D eigenvalue weighted by molar-refractivity contribution is 7.16. The van der Waals surface area contributed by atoms with Crippen LogP contribution in [-0.4, -0.2) is 22.0 Å². The topological polar surface area (TPSA) is 94.3 Å². The average Bonchev–Trinajstić information content (AvgIpc) is 3.40. The van der Waals surface area contributed by atoms with Gasteiger partial charge >= 0.3 is 5.97 Å². The van der Waals surface area contributed by atoms with Crippen molar-refractivity contribution in [3.63, 3.8) is 0 Å². The van der Waals surface area contributed by atoms with Crippen LogP contribution in [-0.2, 0) is 16.1 Å². The standard InChI is InChI=1S/C21H20FN3O4S/c1-10-4-5-14(8-15(10)22)18-23-16(29-25-18)9-28-21(27)17-11(2)12(3)30-20(17)24-19(26)13-6-7-13/h4-5,8,13H,6-7,9H2,1-3H3,(H,24,26). The average molecular weight is 429 g/mol. The van der Waals surface area contributed by atoms with Gasteiger partial charge < -0.3 is 14.6 Å². The highest BCUT2D eigenvalue weighted by Gasteiger charge is 2.31. The first-order chi connectivity index (χ1) is 14.3. The molecule has 1 N–H and O–H groups in total. The molecule has 30 heavy (non-hydrogen) atoms. The zero-order valence-corrected chi connectivity index (χ0v) is 17.6. The van der Waals surface area contributed by atoms with Crippen molar-refractivity contribution in [3.8, 4) is 11.4 Å². The molecule has 0 spiro atoms. The second-order valence-electron chi connectivity index (χ2n) is 7.30. The lowest BCUT2D eigenvalue weighted by molar-refractivity contribution is -0.117. The van der Waals surface area contributed by atoms with Crippen LogP contribution in [0.15, 0.2) is 22.7 Å². The fraction of sp³-hybridized carbons (Fsp3) is 0.333. The van der Waals surface area contributed by atoms with E-state index in [-0.39, 0.29) is 36.0 Å². The molecule has 1 saturated carbocycles. The third kappa shape index (κ3) is 4.11. The summed E-state index contributed by atoms with van der Waals surface area (Å²) in [6, 6.07) is 4.63. The second kappa shape index (κ2) is 7.98. The lowest BCUT2D eigenvalue weighted by atomic mass is 10.1. The van der Waals surface area contributed by atoms with Crippen molar-refractivity contribution in [3.05, 3.63) is 51.5 Å². The van der Waals surface area contributed by atoms with Crippen molar-refractivity contribution in [2.45, 2.75) is 40.2 Å². The van der Waals surface area contributed by atoms with Crippen LogP contribution in [0.4, 0.5) is 9.39 Å². The first-order valence-corrected chi connectivity index (χ1v) is 10.3. The molecule has 0 bridgehead atoms. The van der Waals surface area contributed by atoms with Crippen LogP contribution in [0.3, 0.4) is 0 Å². The van der Waals surface area contributed by atoms with Gasteiger partial charge in [-0.3, -0.25) is 4.79 Å². The molecule has 2 heterocycles. The summed E-state index contributed by atoms with van der Waals surface area (Å²) in [5.41, 5.74) is 2.08. The Kier molecular flexibility index (Phi) is 5.38. The number of ether oxygens (including phenoxy) is 1. The molecular formula is C21H20FN3O4S. The number of nitrogens with zero attached hydrogens (tertiary/aromatic N) is 2. The van der Waals surface area contributed by atoms with Gasteiger partial charge in [-0.1, -0.05) is 17.3 Å². The summed E-state index contributed by atoms with van der Waals surface area (Å²) in [5, 5.41) is 7.15. The summed E-state index contributed by atoms with van der Waals surface area (Å²) in [7, 11) is 0. The van der Waals surface area contributed by atoms with Crippen molar-refractivity contribution in [1.29, 1.82) is 0 Å². The maximum Gasteiger partial charge on any atom is 0.341 e. The minimum atomic E-state index is -0.580. The number of esters is 1. The van der Waals surface area contributed by atoms with Crippen molar-refractivity contribution in [2.24, 2.45) is 5.92 Å². The smallest absolute Gasteiger partial charge is 0.341 e. The number of hydrogen-bond acceptors (Lipinski definition) is 7. The molecule has 2 aromatic heterocycles. The number of anilines is 1. The van der Waals surface area contributed by atoms with E-state index in [1.165, 1.54) is 17.4 Å². The predicted octanol–water partition coefficient (Wildman–Crippen LogP) is 4.57. The van der Waals surface area contributed by atoms with Crippen LogP contribution in [0.2, 0.25) is 0 Å². The fourth-order valence-corrected chi connectivity index (χ4v) is 3.93. The number of benzene rings is 1. The van der Waals surface area contributed by atoms with E-state index in [4.69, 9.17) is 9.26 Å². The molecule has 9 heteroatoms. The molecule has 156 valence electrons. The van der Waals surface area contributed by atoms with Crippen molar-refractivity contribution >= 4 is 28.2 Å². The first-order valence-electron chi connectivity index (χ1n) is 9.50. The van der Waals surface area contributed by atoms with Gasteiger partial charge in [0.1, 0.15) is 10.8 Å². The quantitative estimate of drug-likeness (QED) is 0.577. The number of nitrogens with one attached hydrogen (secondary N) is 1. The Hall–Kier alpha value is -3.07. The molecule has 1 amide bonds. The number of halogens is 1. The van der Waals surface area contributed by atoms with Gasteiger partial charge in [-0.2, -0.15) is 4.98 Å². The first kappa shape index (κ1) is 20.2. The third-order valence-electron chi connectivity index (χ3n) is 5.00. The van der Waals surface area contributed by atoms with E-state index >= 15 is 0 Å². The Bertz CT molecular complexity index is 1130. The lowest BCUT2D eigenvalue weighted by Gasteiger charge is -2.06. The molecule has 1 aliphatic carbocycles. The van der Waals surface area contributed by atoms with Crippen molar-refractivity contribution < 1.29 is 23.2 Å². The highest BCUT2D eigenvalue weighted by atomic mass is 32.1. The second-order valence-corrected chi connectivity index (χ2v) is 8.53. The van der Waals surface area contributed by atoms with E-state index in [0.717, 1.165) is 23.3 Å². The molecule has 1 aliphatic rings. The minimum absolute atomic E-state index is 0.0278.